The molecule has 34 heavy (non-hydrogen) atoms. The normalized spacial score (nSPS) is 11.6. The summed E-state index contributed by atoms with van der Waals surface area (Å²) in [7, 11) is 0. The van der Waals surface area contributed by atoms with Gasteiger partial charge >= 0.3 is 0 Å². The summed E-state index contributed by atoms with van der Waals surface area (Å²) >= 11 is 3.52. The maximum absolute atomic E-state index is 4.67. The molecule has 5 nitrogen and oxygen atoms in total. The molecule has 6 heteroatoms. The molecule has 0 radical (unpaired) electrons. The Bertz CT molecular complexity index is 1590. The van der Waals surface area contributed by atoms with E-state index in [0.29, 0.717) is 0 Å². The van der Waals surface area contributed by atoms with Crippen molar-refractivity contribution in [1.29, 1.82) is 0 Å². The molecule has 0 aliphatic carbocycles. The number of hydrazone groups is 1. The molecule has 164 valence electrons. The molecule has 2 aromatic heterocycles. The third kappa shape index (κ3) is 3.89. The Labute approximate surface area is 204 Å². The molecule has 0 atom stereocenters. The highest BCUT2D eigenvalue weighted by atomic mass is 79.9. The Hall–Kier alpha value is -4.16. The van der Waals surface area contributed by atoms with Crippen LogP contribution in [0.2, 0.25) is 0 Å². The van der Waals surface area contributed by atoms with Crippen molar-refractivity contribution in [3.05, 3.63) is 107 Å². The lowest BCUT2D eigenvalue weighted by Crippen LogP contribution is -1.92. The lowest BCUT2D eigenvalue weighted by molar-refractivity contribution is 1.32. The lowest BCUT2D eigenvalue weighted by Gasteiger charge is -2.03. The van der Waals surface area contributed by atoms with Gasteiger partial charge in [-0.1, -0.05) is 58.4 Å². The maximum Gasteiger partial charge on any atom is 0.138 e. The summed E-state index contributed by atoms with van der Waals surface area (Å²) < 4.78 is 1.05. The Morgan fingerprint density at radius 1 is 0.735 bits per heavy atom. The number of hydrogen-bond donors (Lipinski definition) is 3. The molecule has 0 amide bonds. The van der Waals surface area contributed by atoms with Gasteiger partial charge < -0.3 is 9.97 Å². The largest absolute Gasteiger partial charge is 0.354 e. The Kier molecular flexibility index (Phi) is 5.20. The number of nitrogens with one attached hydrogen (secondary N) is 3. The average Bonchev–Trinajstić information content (AvgIpc) is 3.47. The molecule has 6 aromatic rings. The van der Waals surface area contributed by atoms with Gasteiger partial charge in [-0.2, -0.15) is 5.10 Å². The molecule has 0 spiro atoms. The molecule has 0 aliphatic rings. The van der Waals surface area contributed by atoms with Crippen LogP contribution in [0, 0.1) is 0 Å². The number of benzene rings is 4. The molecule has 0 bridgehead atoms. The molecule has 4 aromatic carbocycles. The van der Waals surface area contributed by atoms with E-state index in [0.717, 1.165) is 60.3 Å². The van der Waals surface area contributed by atoms with E-state index in [1.807, 2.05) is 79.0 Å². The molecule has 2 heterocycles. The van der Waals surface area contributed by atoms with E-state index in [-0.39, 0.29) is 0 Å². The number of H-pyrrole nitrogens is 2. The summed E-state index contributed by atoms with van der Waals surface area (Å²) in [6.07, 6.45) is 1.88. The summed E-state index contributed by atoms with van der Waals surface area (Å²) in [6.45, 7) is 0. The van der Waals surface area contributed by atoms with Crippen LogP contribution in [0.5, 0.6) is 0 Å². The number of nitrogens with zero attached hydrogens (tertiary/aromatic N) is 2. The van der Waals surface area contributed by atoms with E-state index in [9.17, 15) is 0 Å². The number of halogens is 1. The van der Waals surface area contributed by atoms with Crippen LogP contribution in [-0.2, 0) is 0 Å². The monoisotopic (exact) mass is 505 g/mol. The highest BCUT2D eigenvalue weighted by molar-refractivity contribution is 9.10. The van der Waals surface area contributed by atoms with Crippen molar-refractivity contribution in [3.8, 4) is 22.6 Å². The predicted molar refractivity (Wildman–Crippen MR) is 144 cm³/mol. The second-order valence-electron chi connectivity index (χ2n) is 8.02. The van der Waals surface area contributed by atoms with Crippen LogP contribution in [0.3, 0.4) is 0 Å². The first kappa shape index (κ1) is 20.4. The number of para-hydroxylation sites is 3. The van der Waals surface area contributed by atoms with Gasteiger partial charge in [-0.15, -0.1) is 0 Å². The van der Waals surface area contributed by atoms with Crippen molar-refractivity contribution < 1.29 is 0 Å². The van der Waals surface area contributed by atoms with E-state index in [4.69, 9.17) is 0 Å². The Morgan fingerprint density at radius 2 is 1.44 bits per heavy atom. The highest BCUT2D eigenvalue weighted by Gasteiger charge is 2.11. The number of anilines is 1. The van der Waals surface area contributed by atoms with Gasteiger partial charge in [0, 0.05) is 26.5 Å². The number of aromatic amines is 2. The topological polar surface area (TPSA) is 68.9 Å². The first-order valence-corrected chi connectivity index (χ1v) is 11.7. The molecule has 0 fully saturated rings. The van der Waals surface area contributed by atoms with E-state index >= 15 is 0 Å². The Morgan fingerprint density at radius 3 is 2.24 bits per heavy atom. The van der Waals surface area contributed by atoms with E-state index < -0.39 is 0 Å². The second kappa shape index (κ2) is 8.65. The van der Waals surface area contributed by atoms with Gasteiger partial charge in [0.15, 0.2) is 0 Å². The number of fused-ring (bicyclic) bond motifs is 2. The van der Waals surface area contributed by atoms with Crippen molar-refractivity contribution >= 4 is 49.8 Å². The fraction of sp³-hybridized carbons (Fsp3) is 0. The minimum absolute atomic E-state index is 0.856. The second-order valence-corrected chi connectivity index (χ2v) is 8.93. The molecule has 0 saturated heterocycles. The highest BCUT2D eigenvalue weighted by Crippen LogP contribution is 2.30. The van der Waals surface area contributed by atoms with Gasteiger partial charge in [-0.3, -0.25) is 5.43 Å². The number of hydrogen-bond acceptors (Lipinski definition) is 3. The average molecular weight is 506 g/mol. The summed E-state index contributed by atoms with van der Waals surface area (Å²) in [5, 5.41) is 5.68. The quantitative estimate of drug-likeness (QED) is 0.167. The zero-order valence-corrected chi connectivity index (χ0v) is 19.7. The van der Waals surface area contributed by atoms with Crippen LogP contribution in [-0.4, -0.2) is 21.2 Å². The molecule has 0 aliphatic heterocycles. The maximum atomic E-state index is 4.67. The van der Waals surface area contributed by atoms with Crippen LogP contribution >= 0.6 is 15.9 Å². The number of aromatic nitrogens is 3. The minimum Gasteiger partial charge on any atom is -0.354 e. The summed E-state index contributed by atoms with van der Waals surface area (Å²) in [4.78, 5) is 11.6. The summed E-state index contributed by atoms with van der Waals surface area (Å²) in [5.41, 5.74) is 11.4. The standard InChI is InChI=1S/C28H20BrN5/c29-20-13-9-18(10-14-20)27-23(22-5-1-2-6-24(22)31-27)17-30-34-21-15-11-19(12-16-21)28-32-25-7-3-4-8-26(25)33-28/h1-17,31,34H,(H,32,33)/b30-17+. The first-order valence-electron chi connectivity index (χ1n) is 11.0. The van der Waals surface area contributed by atoms with Crippen LogP contribution in [0.4, 0.5) is 5.69 Å². The third-order valence-corrected chi connectivity index (χ3v) is 6.34. The van der Waals surface area contributed by atoms with Gasteiger partial charge in [0.2, 0.25) is 0 Å². The van der Waals surface area contributed by atoms with E-state index in [2.05, 4.69) is 65.7 Å². The van der Waals surface area contributed by atoms with Crippen molar-refractivity contribution in [2.45, 2.75) is 0 Å². The van der Waals surface area contributed by atoms with Gasteiger partial charge in [0.05, 0.1) is 28.6 Å². The molecular formula is C28H20BrN5. The van der Waals surface area contributed by atoms with Gasteiger partial charge in [0.25, 0.3) is 0 Å². The van der Waals surface area contributed by atoms with Gasteiger partial charge in [-0.05, 0) is 60.2 Å². The van der Waals surface area contributed by atoms with Crippen LogP contribution in [0.25, 0.3) is 44.6 Å². The van der Waals surface area contributed by atoms with Gasteiger partial charge in [-0.25, -0.2) is 4.98 Å². The fourth-order valence-electron chi connectivity index (χ4n) is 4.11. The predicted octanol–water partition coefficient (Wildman–Crippen LogP) is 7.59. The van der Waals surface area contributed by atoms with Crippen LogP contribution in [0.15, 0.2) is 107 Å². The summed E-state index contributed by atoms with van der Waals surface area (Å²) in [5.74, 6) is 0.856. The smallest absolute Gasteiger partial charge is 0.138 e. The van der Waals surface area contributed by atoms with Crippen molar-refractivity contribution in [1.82, 2.24) is 15.0 Å². The summed E-state index contributed by atoms with van der Waals surface area (Å²) in [6, 6.07) is 32.7. The molecule has 6 rings (SSSR count). The van der Waals surface area contributed by atoms with Crippen molar-refractivity contribution in [2.75, 3.05) is 5.43 Å². The first-order chi connectivity index (χ1) is 16.7. The third-order valence-electron chi connectivity index (χ3n) is 5.81. The lowest BCUT2D eigenvalue weighted by atomic mass is 10.1. The molecule has 0 unspecified atom stereocenters. The van der Waals surface area contributed by atoms with E-state index in [1.165, 1.54) is 0 Å². The molecule has 0 saturated carbocycles. The zero-order valence-electron chi connectivity index (χ0n) is 18.1. The number of imidazole rings is 1. The minimum atomic E-state index is 0.856. The van der Waals surface area contributed by atoms with Crippen LogP contribution < -0.4 is 5.43 Å². The molecule has 3 N–H and O–H groups in total. The Balaban J connectivity index is 1.26. The number of rotatable bonds is 5. The zero-order chi connectivity index (χ0) is 22.9. The molecular weight excluding hydrogens is 486 g/mol. The van der Waals surface area contributed by atoms with Crippen molar-refractivity contribution in [2.24, 2.45) is 5.10 Å². The van der Waals surface area contributed by atoms with E-state index in [1.54, 1.807) is 0 Å². The SMILES string of the molecule is Brc1ccc(-c2[nH]c3ccccc3c2/C=N/Nc2ccc(-c3nc4ccccc4[nH]3)cc2)cc1. The van der Waals surface area contributed by atoms with Crippen molar-refractivity contribution in [3.63, 3.8) is 0 Å². The fourth-order valence-corrected chi connectivity index (χ4v) is 4.37. The van der Waals surface area contributed by atoms with Crippen LogP contribution in [0.1, 0.15) is 5.56 Å². The van der Waals surface area contributed by atoms with Gasteiger partial charge in [0.1, 0.15) is 5.82 Å².